The van der Waals surface area contributed by atoms with Crippen LogP contribution in [0, 0.1) is 13.8 Å². The maximum atomic E-state index is 12.3. The van der Waals surface area contributed by atoms with Gasteiger partial charge < -0.3 is 9.42 Å². The molecule has 0 aromatic carbocycles. The number of carbonyl (C=O) groups excluding carboxylic acids is 1. The zero-order chi connectivity index (χ0) is 14.1. The van der Waals surface area contributed by atoms with E-state index in [9.17, 15) is 4.79 Å². The summed E-state index contributed by atoms with van der Waals surface area (Å²) in [6.45, 7) is 5.20. The highest BCUT2D eigenvalue weighted by Gasteiger charge is 2.28. The summed E-state index contributed by atoms with van der Waals surface area (Å²) in [6.07, 6.45) is 3.37. The second kappa shape index (κ2) is 5.07. The third-order valence-electron chi connectivity index (χ3n) is 3.59. The molecule has 1 unspecified atom stereocenters. The first-order valence-electron chi connectivity index (χ1n) is 6.74. The van der Waals surface area contributed by atoms with Gasteiger partial charge in [-0.25, -0.2) is 9.67 Å². The fourth-order valence-electron chi connectivity index (χ4n) is 2.71. The third kappa shape index (κ3) is 2.31. The van der Waals surface area contributed by atoms with Crippen molar-refractivity contribution < 1.29 is 9.32 Å². The highest BCUT2D eigenvalue weighted by molar-refractivity contribution is 5.92. The van der Waals surface area contributed by atoms with Crippen molar-refractivity contribution in [3.8, 4) is 0 Å². The van der Waals surface area contributed by atoms with Crippen LogP contribution < -0.4 is 0 Å². The highest BCUT2D eigenvalue weighted by atomic mass is 16.5. The van der Waals surface area contributed by atoms with Crippen molar-refractivity contribution in [2.24, 2.45) is 0 Å². The largest absolute Gasteiger partial charge is 0.364 e. The van der Waals surface area contributed by atoms with Gasteiger partial charge in [0.1, 0.15) is 17.9 Å². The first-order valence-corrected chi connectivity index (χ1v) is 6.74. The number of piperidine rings is 1. The number of hydrogen-bond acceptors (Lipinski definition) is 5. The predicted octanol–water partition coefficient (Wildman–Crippen LogP) is 1.36. The van der Waals surface area contributed by atoms with E-state index < -0.39 is 0 Å². The Morgan fingerprint density at radius 1 is 1.45 bits per heavy atom. The maximum Gasteiger partial charge on any atom is 0.276 e. The van der Waals surface area contributed by atoms with Crippen LogP contribution in [0.2, 0.25) is 0 Å². The molecule has 1 atom stereocenters. The highest BCUT2D eigenvalue weighted by Crippen LogP contribution is 2.23. The summed E-state index contributed by atoms with van der Waals surface area (Å²) in [6, 6.07) is 1.78. The summed E-state index contributed by atoms with van der Waals surface area (Å²) >= 11 is 0. The van der Waals surface area contributed by atoms with Gasteiger partial charge in [-0.15, -0.1) is 0 Å². The van der Waals surface area contributed by atoms with Crippen LogP contribution in [0.25, 0.3) is 0 Å². The zero-order valence-electron chi connectivity index (χ0n) is 11.6. The van der Waals surface area contributed by atoms with Crippen molar-refractivity contribution in [3.63, 3.8) is 0 Å². The summed E-state index contributed by atoms with van der Waals surface area (Å²) < 4.78 is 6.66. The maximum absolute atomic E-state index is 12.3. The van der Waals surface area contributed by atoms with E-state index in [-0.39, 0.29) is 11.9 Å². The summed E-state index contributed by atoms with van der Waals surface area (Å²) in [5, 5.41) is 8.13. The first-order chi connectivity index (χ1) is 9.65. The Labute approximate surface area is 116 Å². The number of carbonyl (C=O) groups is 1. The van der Waals surface area contributed by atoms with Crippen LogP contribution in [0.15, 0.2) is 16.9 Å². The number of rotatable bonds is 2. The van der Waals surface area contributed by atoms with Gasteiger partial charge in [0.05, 0.1) is 6.04 Å². The Morgan fingerprint density at radius 3 is 2.95 bits per heavy atom. The SMILES string of the molecule is Cc1nc(C)n(C2CCCN(C(=O)c3ccon3)C2)n1. The molecule has 0 N–H and O–H groups in total. The van der Waals surface area contributed by atoms with Gasteiger partial charge in [-0.1, -0.05) is 5.16 Å². The third-order valence-corrected chi connectivity index (χ3v) is 3.59. The van der Waals surface area contributed by atoms with Crippen molar-refractivity contribution in [1.29, 1.82) is 0 Å². The Morgan fingerprint density at radius 2 is 2.30 bits per heavy atom. The molecular formula is C13H17N5O2. The molecule has 0 bridgehead atoms. The fourth-order valence-corrected chi connectivity index (χ4v) is 2.71. The van der Waals surface area contributed by atoms with Gasteiger partial charge in [-0.05, 0) is 26.7 Å². The average molecular weight is 275 g/mol. The molecule has 20 heavy (non-hydrogen) atoms. The van der Waals surface area contributed by atoms with Gasteiger partial charge >= 0.3 is 0 Å². The lowest BCUT2D eigenvalue weighted by Crippen LogP contribution is -2.41. The monoisotopic (exact) mass is 275 g/mol. The number of hydrogen-bond donors (Lipinski definition) is 0. The Kier molecular flexibility index (Phi) is 3.25. The zero-order valence-corrected chi connectivity index (χ0v) is 11.6. The van der Waals surface area contributed by atoms with Crippen molar-refractivity contribution >= 4 is 5.91 Å². The molecule has 0 spiro atoms. The summed E-state index contributed by atoms with van der Waals surface area (Å²) in [5.41, 5.74) is 0.358. The second-order valence-corrected chi connectivity index (χ2v) is 5.08. The molecule has 1 saturated heterocycles. The molecule has 0 aliphatic carbocycles. The van der Waals surface area contributed by atoms with Crippen molar-refractivity contribution in [3.05, 3.63) is 29.7 Å². The van der Waals surface area contributed by atoms with Crippen LogP contribution in [0.3, 0.4) is 0 Å². The van der Waals surface area contributed by atoms with Gasteiger partial charge in [-0.3, -0.25) is 4.79 Å². The summed E-state index contributed by atoms with van der Waals surface area (Å²) in [5.74, 6) is 1.57. The predicted molar refractivity (Wildman–Crippen MR) is 70.2 cm³/mol. The average Bonchev–Trinajstić information content (AvgIpc) is 3.08. The molecule has 1 aliphatic heterocycles. The lowest BCUT2D eigenvalue weighted by Gasteiger charge is -2.32. The quantitative estimate of drug-likeness (QED) is 0.827. The van der Waals surface area contributed by atoms with E-state index in [0.29, 0.717) is 12.2 Å². The fraction of sp³-hybridized carbons (Fsp3) is 0.538. The van der Waals surface area contributed by atoms with E-state index in [0.717, 1.165) is 31.0 Å². The number of aromatic nitrogens is 4. The van der Waals surface area contributed by atoms with Gasteiger partial charge in [0.25, 0.3) is 5.91 Å². The van der Waals surface area contributed by atoms with Crippen LogP contribution in [-0.4, -0.2) is 43.8 Å². The van der Waals surface area contributed by atoms with Crippen LogP contribution >= 0.6 is 0 Å². The molecule has 1 fully saturated rings. The van der Waals surface area contributed by atoms with Crippen LogP contribution in [0.4, 0.5) is 0 Å². The van der Waals surface area contributed by atoms with Crippen molar-refractivity contribution in [2.45, 2.75) is 32.7 Å². The molecule has 7 nitrogen and oxygen atoms in total. The smallest absolute Gasteiger partial charge is 0.276 e. The van der Waals surface area contributed by atoms with Gasteiger partial charge in [0.2, 0.25) is 0 Å². The molecule has 0 radical (unpaired) electrons. The molecule has 2 aromatic heterocycles. The van der Waals surface area contributed by atoms with Gasteiger partial charge in [0, 0.05) is 19.2 Å². The molecular weight excluding hydrogens is 258 g/mol. The molecule has 2 aromatic rings. The van der Waals surface area contributed by atoms with Gasteiger partial charge in [0.15, 0.2) is 5.69 Å². The number of nitrogens with zero attached hydrogens (tertiary/aromatic N) is 5. The van der Waals surface area contributed by atoms with E-state index in [1.165, 1.54) is 6.26 Å². The second-order valence-electron chi connectivity index (χ2n) is 5.08. The Hall–Kier alpha value is -2.18. The van der Waals surface area contributed by atoms with Gasteiger partial charge in [-0.2, -0.15) is 5.10 Å². The summed E-state index contributed by atoms with van der Waals surface area (Å²) in [7, 11) is 0. The van der Waals surface area contributed by atoms with Crippen LogP contribution in [-0.2, 0) is 0 Å². The van der Waals surface area contributed by atoms with Crippen LogP contribution in [0.1, 0.15) is 41.0 Å². The molecule has 3 heterocycles. The normalized spacial score (nSPS) is 19.3. The number of likely N-dealkylation sites (tertiary alicyclic amines) is 1. The van der Waals surface area contributed by atoms with E-state index >= 15 is 0 Å². The van der Waals surface area contributed by atoms with Crippen molar-refractivity contribution in [2.75, 3.05) is 13.1 Å². The van der Waals surface area contributed by atoms with Crippen LogP contribution in [0.5, 0.6) is 0 Å². The first kappa shape index (κ1) is 12.8. The van der Waals surface area contributed by atoms with E-state index in [1.807, 2.05) is 23.4 Å². The molecule has 106 valence electrons. The van der Waals surface area contributed by atoms with E-state index in [2.05, 4.69) is 15.2 Å². The molecule has 1 aliphatic rings. The summed E-state index contributed by atoms with van der Waals surface area (Å²) in [4.78, 5) is 18.4. The van der Waals surface area contributed by atoms with Crippen molar-refractivity contribution in [1.82, 2.24) is 24.8 Å². The lowest BCUT2D eigenvalue weighted by molar-refractivity contribution is 0.0661. The minimum absolute atomic E-state index is 0.0852. The molecule has 3 rings (SSSR count). The van der Waals surface area contributed by atoms with E-state index in [4.69, 9.17) is 4.52 Å². The topological polar surface area (TPSA) is 77.0 Å². The minimum atomic E-state index is -0.0852. The minimum Gasteiger partial charge on any atom is -0.364 e. The lowest BCUT2D eigenvalue weighted by atomic mass is 10.1. The number of aryl methyl sites for hydroxylation is 2. The standard InChI is InChI=1S/C13H17N5O2/c1-9-14-10(2)18(15-9)11-4-3-6-17(8-11)13(19)12-5-7-20-16-12/h5,7,11H,3-4,6,8H2,1-2H3. The Balaban J connectivity index is 1.77. The Bertz CT molecular complexity index is 604. The molecule has 7 heteroatoms. The molecule has 0 saturated carbocycles. The number of amides is 1. The van der Waals surface area contributed by atoms with E-state index in [1.54, 1.807) is 6.07 Å². The molecule has 1 amide bonds.